The van der Waals surface area contributed by atoms with Crippen molar-refractivity contribution in [2.24, 2.45) is 11.3 Å². The number of hydrogen-bond acceptors (Lipinski definition) is 2. The fourth-order valence-corrected chi connectivity index (χ4v) is 3.80. The fraction of sp³-hybridized carbons (Fsp3) is 1.00. The van der Waals surface area contributed by atoms with E-state index in [1.807, 2.05) is 0 Å². The maximum atomic E-state index is 10.6. The molecule has 2 nitrogen and oxygen atoms in total. The molecule has 64 valence electrons. The zero-order chi connectivity index (χ0) is 7.90. The molecule has 0 aliphatic heterocycles. The van der Waals surface area contributed by atoms with Crippen molar-refractivity contribution in [3.8, 4) is 0 Å². The van der Waals surface area contributed by atoms with E-state index in [1.165, 1.54) is 32.1 Å². The minimum atomic E-state index is -2.14. The summed E-state index contributed by atoms with van der Waals surface area (Å²) in [5.74, 6) is 1.32. The molecule has 2 fully saturated rings. The Hall–Kier alpha value is -0.0500. The molecule has 2 bridgehead atoms. The maximum Gasteiger partial charge on any atom is 0.140 e. The zero-order valence-corrected chi connectivity index (χ0v) is 7.48. The van der Waals surface area contributed by atoms with Crippen molar-refractivity contribution in [3.63, 3.8) is 0 Å². The van der Waals surface area contributed by atoms with Gasteiger partial charge in [-0.05, 0) is 43.4 Å². The molecule has 2 aliphatic carbocycles. The standard InChI is InChI=1S/C8H14O2S/c9-11(10)6-8-3-1-7(5-8)2-4-8/h7,11H,1-6H2. The Morgan fingerprint density at radius 3 is 2.27 bits per heavy atom. The number of thiol groups is 1. The van der Waals surface area contributed by atoms with Crippen LogP contribution in [0.2, 0.25) is 0 Å². The second kappa shape index (κ2) is 2.47. The molecule has 2 saturated carbocycles. The number of hydrogen-bond donors (Lipinski definition) is 1. The van der Waals surface area contributed by atoms with Gasteiger partial charge in [0.25, 0.3) is 0 Å². The summed E-state index contributed by atoms with van der Waals surface area (Å²) >= 11 is 0. The van der Waals surface area contributed by atoms with Crippen molar-refractivity contribution in [1.29, 1.82) is 0 Å². The first-order valence-corrected chi connectivity index (χ1v) is 5.68. The molecule has 0 atom stereocenters. The van der Waals surface area contributed by atoms with Crippen molar-refractivity contribution in [1.82, 2.24) is 0 Å². The highest BCUT2D eigenvalue weighted by Crippen LogP contribution is 2.53. The van der Waals surface area contributed by atoms with Gasteiger partial charge in [0.2, 0.25) is 0 Å². The average molecular weight is 174 g/mol. The molecular weight excluding hydrogens is 160 g/mol. The van der Waals surface area contributed by atoms with Crippen LogP contribution in [0.15, 0.2) is 0 Å². The smallest absolute Gasteiger partial charge is 0.140 e. The fourth-order valence-electron chi connectivity index (χ4n) is 2.81. The molecule has 0 amide bonds. The van der Waals surface area contributed by atoms with Crippen molar-refractivity contribution in [3.05, 3.63) is 0 Å². The Morgan fingerprint density at radius 1 is 1.27 bits per heavy atom. The third kappa shape index (κ3) is 1.31. The van der Waals surface area contributed by atoms with Crippen LogP contribution in [0, 0.1) is 11.3 Å². The van der Waals surface area contributed by atoms with Gasteiger partial charge < -0.3 is 0 Å². The molecule has 3 heteroatoms. The van der Waals surface area contributed by atoms with Gasteiger partial charge in [-0.2, -0.15) is 0 Å². The SMILES string of the molecule is O=[SH](=O)CC12CCC(CC1)C2. The lowest BCUT2D eigenvalue weighted by Gasteiger charge is -2.22. The van der Waals surface area contributed by atoms with Crippen LogP contribution in [0.5, 0.6) is 0 Å². The Morgan fingerprint density at radius 2 is 1.91 bits per heavy atom. The molecule has 0 aromatic rings. The zero-order valence-electron chi connectivity index (χ0n) is 6.58. The molecule has 0 aromatic heterocycles. The molecule has 2 rings (SSSR count). The summed E-state index contributed by atoms with van der Waals surface area (Å²) in [5.41, 5.74) is 0.236. The van der Waals surface area contributed by atoms with E-state index < -0.39 is 10.7 Å². The first-order chi connectivity index (χ1) is 5.20. The molecule has 2 aliphatic rings. The van der Waals surface area contributed by atoms with Gasteiger partial charge in [0.1, 0.15) is 10.7 Å². The summed E-state index contributed by atoms with van der Waals surface area (Å²) in [6, 6.07) is 0. The van der Waals surface area contributed by atoms with Crippen LogP contribution in [0.4, 0.5) is 0 Å². The first-order valence-electron chi connectivity index (χ1n) is 4.32. The highest BCUT2D eigenvalue weighted by molar-refractivity contribution is 7.72. The lowest BCUT2D eigenvalue weighted by Crippen LogP contribution is -2.19. The van der Waals surface area contributed by atoms with E-state index in [-0.39, 0.29) is 5.41 Å². The van der Waals surface area contributed by atoms with Gasteiger partial charge in [0, 0.05) is 0 Å². The summed E-state index contributed by atoms with van der Waals surface area (Å²) < 4.78 is 21.1. The maximum absolute atomic E-state index is 10.6. The predicted molar refractivity (Wildman–Crippen MR) is 44.2 cm³/mol. The molecular formula is C8H14O2S. The van der Waals surface area contributed by atoms with Crippen LogP contribution in [0.25, 0.3) is 0 Å². The van der Waals surface area contributed by atoms with E-state index in [2.05, 4.69) is 0 Å². The normalized spacial score (nSPS) is 42.1. The van der Waals surface area contributed by atoms with E-state index >= 15 is 0 Å². The summed E-state index contributed by atoms with van der Waals surface area (Å²) in [5, 5.41) is 0. The van der Waals surface area contributed by atoms with Gasteiger partial charge in [0.05, 0.1) is 5.75 Å². The molecule has 0 radical (unpaired) electrons. The van der Waals surface area contributed by atoms with E-state index in [0.29, 0.717) is 5.75 Å². The Kier molecular flexibility index (Phi) is 1.71. The van der Waals surface area contributed by atoms with Crippen LogP contribution in [0.3, 0.4) is 0 Å². The third-order valence-corrected chi connectivity index (χ3v) is 4.28. The summed E-state index contributed by atoms with van der Waals surface area (Å²) in [4.78, 5) is 0. The third-order valence-electron chi connectivity index (χ3n) is 3.35. The highest BCUT2D eigenvalue weighted by atomic mass is 32.2. The minimum absolute atomic E-state index is 0.236. The summed E-state index contributed by atoms with van der Waals surface area (Å²) in [6.07, 6.45) is 6.09. The number of rotatable bonds is 2. The topological polar surface area (TPSA) is 34.1 Å². The predicted octanol–water partition coefficient (Wildman–Crippen LogP) is 1.18. The molecule has 0 saturated heterocycles. The molecule has 0 N–H and O–H groups in total. The lowest BCUT2D eigenvalue weighted by atomic mass is 9.87. The van der Waals surface area contributed by atoms with Crippen molar-refractivity contribution >= 4 is 10.7 Å². The van der Waals surface area contributed by atoms with Gasteiger partial charge in [-0.3, -0.25) is 0 Å². The van der Waals surface area contributed by atoms with E-state index in [4.69, 9.17) is 0 Å². The second-order valence-corrected chi connectivity index (χ2v) is 5.12. The van der Waals surface area contributed by atoms with Gasteiger partial charge >= 0.3 is 0 Å². The largest absolute Gasteiger partial charge is 0.232 e. The van der Waals surface area contributed by atoms with Crippen LogP contribution < -0.4 is 0 Å². The van der Waals surface area contributed by atoms with E-state index in [9.17, 15) is 8.42 Å². The van der Waals surface area contributed by atoms with Crippen molar-refractivity contribution < 1.29 is 8.42 Å². The highest BCUT2D eigenvalue weighted by Gasteiger charge is 2.44. The summed E-state index contributed by atoms with van der Waals surface area (Å²) in [7, 11) is -2.14. The summed E-state index contributed by atoms with van der Waals surface area (Å²) in [6.45, 7) is 0. The van der Waals surface area contributed by atoms with Gasteiger partial charge in [0.15, 0.2) is 0 Å². The molecule has 11 heavy (non-hydrogen) atoms. The Labute approximate surface area is 68.9 Å². The molecule has 0 spiro atoms. The first kappa shape index (κ1) is 7.59. The van der Waals surface area contributed by atoms with Crippen LogP contribution in [-0.2, 0) is 10.7 Å². The van der Waals surface area contributed by atoms with Gasteiger partial charge in [-0.15, -0.1) is 0 Å². The van der Waals surface area contributed by atoms with Gasteiger partial charge in [-0.1, -0.05) is 0 Å². The lowest BCUT2D eigenvalue weighted by molar-refractivity contribution is 0.336. The van der Waals surface area contributed by atoms with Crippen LogP contribution in [-0.4, -0.2) is 14.2 Å². The van der Waals surface area contributed by atoms with Crippen molar-refractivity contribution in [2.45, 2.75) is 32.1 Å². The van der Waals surface area contributed by atoms with Crippen LogP contribution >= 0.6 is 0 Å². The molecule has 0 unspecified atom stereocenters. The van der Waals surface area contributed by atoms with E-state index in [0.717, 1.165) is 5.92 Å². The molecule has 0 aromatic carbocycles. The molecule has 0 heterocycles. The van der Waals surface area contributed by atoms with Gasteiger partial charge in [-0.25, -0.2) is 8.42 Å². The quantitative estimate of drug-likeness (QED) is 0.638. The average Bonchev–Trinajstić information content (AvgIpc) is 2.43. The monoisotopic (exact) mass is 174 g/mol. The number of fused-ring (bicyclic) bond motifs is 2. The van der Waals surface area contributed by atoms with Crippen LogP contribution in [0.1, 0.15) is 32.1 Å². The van der Waals surface area contributed by atoms with Crippen molar-refractivity contribution in [2.75, 3.05) is 5.75 Å². The second-order valence-electron chi connectivity index (χ2n) is 4.14. The Bertz CT molecular complexity index is 216. The van der Waals surface area contributed by atoms with E-state index in [1.54, 1.807) is 0 Å². The minimum Gasteiger partial charge on any atom is -0.232 e. The Balaban J connectivity index is 2.10.